The number of hydrogen-bond donors (Lipinski definition) is 7. The molecule has 3 amide bonds. The number of nitrogens with one attached hydrogen (secondary N) is 5. The monoisotopic (exact) mass is 1270 g/mol. The van der Waals surface area contributed by atoms with Crippen LogP contribution in [0.15, 0.2) is 56.2 Å². The van der Waals surface area contributed by atoms with Gasteiger partial charge in [-0.05, 0) is 91.7 Å². The number of halogens is 3. The molecule has 29 nitrogen and oxygen atoms in total. The van der Waals surface area contributed by atoms with Gasteiger partial charge in [0.15, 0.2) is 5.03 Å². The molecule has 7 N–H and O–H groups in total. The molecule has 1 unspecified atom stereocenters. The fourth-order valence-corrected chi connectivity index (χ4v) is 9.20. The minimum absolute atomic E-state index is 0.0605. The summed E-state index contributed by atoms with van der Waals surface area (Å²) in [6, 6.07) is 5.81. The van der Waals surface area contributed by atoms with Gasteiger partial charge in [-0.1, -0.05) is 11.6 Å². The molecule has 1 aliphatic rings. The molecular weight excluding hydrogens is 1210 g/mol. The van der Waals surface area contributed by atoms with E-state index in [-0.39, 0.29) is 55.9 Å². The van der Waals surface area contributed by atoms with Crippen LogP contribution >= 0.6 is 53.9 Å². The van der Waals surface area contributed by atoms with E-state index >= 15 is 0 Å². The average Bonchev–Trinajstić information content (AvgIpc) is 3.69. The molecule has 4 aromatic heterocycles. The Bertz CT molecular complexity index is 3180. The van der Waals surface area contributed by atoms with Crippen molar-refractivity contribution < 1.29 is 65.7 Å². The van der Waals surface area contributed by atoms with E-state index in [1.807, 2.05) is 26.1 Å². The number of aromatic nitrogens is 8. The number of carboxylic acid groups (broad SMARTS) is 1. The van der Waals surface area contributed by atoms with Gasteiger partial charge in [0.2, 0.25) is 39.7 Å². The number of aliphatic carboxylic acids is 1. The first kappa shape index (κ1) is 70.9. The minimum Gasteiger partial charge on any atom is -0.778 e. The van der Waals surface area contributed by atoms with E-state index in [1.165, 1.54) is 70.8 Å². The zero-order valence-corrected chi connectivity index (χ0v) is 51.4. The highest BCUT2D eigenvalue weighted by Crippen LogP contribution is 2.33. The summed E-state index contributed by atoms with van der Waals surface area (Å²) in [5.41, 5.74) is -0.105. The maximum absolute atomic E-state index is 14.3. The number of amides is 3. The van der Waals surface area contributed by atoms with E-state index in [1.54, 1.807) is 14.1 Å². The predicted molar refractivity (Wildman–Crippen MR) is 305 cm³/mol. The molecule has 5 aromatic rings. The number of hydrogen-bond acceptors (Lipinski definition) is 24. The first-order valence-electron chi connectivity index (χ1n) is 23.3. The Morgan fingerprint density at radius 3 is 2.14 bits per heavy atom. The van der Waals surface area contributed by atoms with Gasteiger partial charge >= 0.3 is 22.8 Å². The molecule has 81 heavy (non-hydrogen) atoms. The van der Waals surface area contributed by atoms with Gasteiger partial charge in [-0.25, -0.2) is 28.6 Å². The van der Waals surface area contributed by atoms with Crippen molar-refractivity contribution in [2.45, 2.75) is 62.7 Å². The van der Waals surface area contributed by atoms with Crippen LogP contribution in [0, 0.1) is 5.82 Å². The van der Waals surface area contributed by atoms with E-state index < -0.39 is 65.2 Å². The van der Waals surface area contributed by atoms with Crippen LogP contribution in [0.3, 0.4) is 0 Å². The van der Waals surface area contributed by atoms with Crippen LogP contribution in [0.1, 0.15) is 44.0 Å². The molecule has 1 aliphatic heterocycles. The van der Waals surface area contributed by atoms with E-state index in [2.05, 4.69) is 74.4 Å². The lowest BCUT2D eigenvalue weighted by molar-refractivity contribution is -0.193. The van der Waals surface area contributed by atoms with E-state index in [0.717, 1.165) is 48.6 Å². The van der Waals surface area contributed by atoms with Crippen LogP contribution < -0.4 is 50.0 Å². The van der Waals surface area contributed by atoms with Crippen molar-refractivity contribution in [3.8, 4) is 11.8 Å². The second kappa shape index (κ2) is 34.9. The molecule has 448 valence electrons. The zero-order chi connectivity index (χ0) is 61.2. The Morgan fingerprint density at radius 1 is 0.988 bits per heavy atom. The second-order valence-electron chi connectivity index (χ2n) is 16.6. The number of nitrogens with zero attached hydrogens (tertiary/aromatic N) is 10. The maximum atomic E-state index is 14.3. The number of thioether (sulfide) groups is 1. The van der Waals surface area contributed by atoms with Crippen molar-refractivity contribution in [1.29, 1.82) is 0 Å². The topological polar surface area (TPSA) is 391 Å². The van der Waals surface area contributed by atoms with E-state index in [4.69, 9.17) is 42.7 Å². The molecule has 1 atom stereocenters. The molecule has 0 saturated heterocycles. The number of rotatable bonds is 18. The van der Waals surface area contributed by atoms with Gasteiger partial charge in [-0.3, -0.25) is 34.5 Å². The first-order valence-corrected chi connectivity index (χ1v) is 31.6. The van der Waals surface area contributed by atoms with Gasteiger partial charge < -0.3 is 49.2 Å². The van der Waals surface area contributed by atoms with Crippen molar-refractivity contribution in [2.75, 3.05) is 95.3 Å². The molecule has 1 aromatic carbocycles. The lowest BCUT2D eigenvalue weighted by Crippen LogP contribution is -2.36. The molecular formula is C44H63Cl2FN15O14PS4. The number of benzene rings is 1. The Morgan fingerprint density at radius 2 is 1.59 bits per heavy atom. The Hall–Kier alpha value is -6.23. The number of esters is 1. The van der Waals surface area contributed by atoms with Crippen LogP contribution in [0.2, 0.25) is 10.3 Å². The predicted octanol–water partition coefficient (Wildman–Crippen LogP) is 3.33. The molecule has 0 aliphatic carbocycles. The van der Waals surface area contributed by atoms with Crippen molar-refractivity contribution in [3.63, 3.8) is 0 Å². The standard InChI is InChI=1S/C15H15ClFN3O3S2.C15H18N6O6S.C8H14ClN5.C3H8NO5P.C3H9S/c1-23-13(21)8-24-12-7-11(10(17)6-9(12)16)18-14-19-4-2-3-5-20(19)15(22)25-14;1-21(2)13(22)9-6-5-7-16-12(9)28(24,25)20-15(23)19-14-17-10(26-3)8-11(18-14)27-4;1-4-10-7-12-6(9)13-8(14-7)11-5(2)3;5-3(6)1-4-2-10(7,8)9;1-4(2)3/h6-7H,2-5,8H2,1H3;5-8H,1-4H3,(H2,17,18,19,20,23);5H,4H2,1-3H3,(H2,10,11,12,13,14);4H,1-2H2,(H,5,6)(H2,7,8,9);1-3H3/q;;;;+1/p-1/b18-14-;;;;. The number of carboxylic acids is 1. The van der Waals surface area contributed by atoms with Crippen LogP contribution in [0.4, 0.5) is 32.7 Å². The van der Waals surface area contributed by atoms with Gasteiger partial charge in [-0.15, -0.1) is 11.8 Å². The lowest BCUT2D eigenvalue weighted by atomic mass is 10.2. The summed E-state index contributed by atoms with van der Waals surface area (Å²) in [5, 5.41) is 18.0. The Kier molecular flexibility index (Phi) is 30.6. The smallest absolute Gasteiger partial charge is 0.335 e. The van der Waals surface area contributed by atoms with Crippen molar-refractivity contribution in [3.05, 3.63) is 72.7 Å². The van der Waals surface area contributed by atoms with Gasteiger partial charge in [-0.2, -0.15) is 33.3 Å². The third kappa shape index (κ3) is 26.5. The number of carbonyl (C=O) groups is 4. The quantitative estimate of drug-likeness (QED) is 0.0286. The third-order valence-corrected chi connectivity index (χ3v) is 13.2. The largest absolute Gasteiger partial charge is 0.778 e. The molecule has 0 radical (unpaired) electrons. The normalized spacial score (nSPS) is 12.4. The van der Waals surface area contributed by atoms with E-state index in [0.29, 0.717) is 45.6 Å². The fraction of sp³-hybridized carbons (Fsp3) is 0.455. The summed E-state index contributed by atoms with van der Waals surface area (Å²) in [7, 11) is -1.26. The summed E-state index contributed by atoms with van der Waals surface area (Å²) < 4.78 is 68.9. The van der Waals surface area contributed by atoms with Crippen LogP contribution in [0.25, 0.3) is 0 Å². The first-order chi connectivity index (χ1) is 37.9. The number of urea groups is 1. The minimum atomic E-state index is -4.46. The summed E-state index contributed by atoms with van der Waals surface area (Å²) in [5.74, 6) is -1.76. The number of fused-ring (bicyclic) bond motifs is 1. The molecule has 5 heterocycles. The summed E-state index contributed by atoms with van der Waals surface area (Å²) >= 11 is 13.9. The highest BCUT2D eigenvalue weighted by atomic mass is 35.5. The fourth-order valence-electron chi connectivity index (χ4n) is 5.62. The summed E-state index contributed by atoms with van der Waals surface area (Å²) in [6.45, 7) is 7.57. The number of carbonyl (C=O) groups excluding carboxylic acids is 3. The molecule has 6 rings (SSSR count). The average molecular weight is 1280 g/mol. The van der Waals surface area contributed by atoms with Crippen LogP contribution in [-0.4, -0.2) is 172 Å². The number of pyridine rings is 1. The number of methoxy groups -OCH3 is 3. The summed E-state index contributed by atoms with van der Waals surface area (Å²) in [6.07, 6.45) is 8.96. The van der Waals surface area contributed by atoms with E-state index in [9.17, 15) is 46.2 Å². The van der Waals surface area contributed by atoms with Crippen molar-refractivity contribution in [1.82, 2.24) is 54.2 Å². The van der Waals surface area contributed by atoms with Gasteiger partial charge in [0, 0.05) is 50.9 Å². The third-order valence-electron chi connectivity index (χ3n) is 8.84. The Balaban J connectivity index is 0.000000384. The highest BCUT2D eigenvalue weighted by molar-refractivity contribution is 8.00. The van der Waals surface area contributed by atoms with Crippen LogP contribution in [-0.2, 0) is 52.9 Å². The number of sulfonamides is 1. The number of anilines is 3. The summed E-state index contributed by atoms with van der Waals surface area (Å²) in [4.78, 5) is 105. The molecule has 37 heteroatoms. The second-order valence-corrected chi connectivity index (χ2v) is 24.9. The SMILES string of the molecule is CCNc1nc(Cl)nc(NC(C)C)n1.COC(=O)CSc1cc(/N=c2\sc(=O)n3n2CCCC3)c(F)cc1Cl.COc1cc(OC)nc(NC(=O)NS(=O)(=O)c2ncccc2C(=O)N(C)C)n1.C[S+](C)C.O=C(O)CNCP(=O)([O-])O. The van der Waals surface area contributed by atoms with Crippen molar-refractivity contribution >= 4 is 122 Å². The highest BCUT2D eigenvalue weighted by Gasteiger charge is 2.27. The van der Waals surface area contributed by atoms with Gasteiger partial charge in [0.05, 0.1) is 75.3 Å². The van der Waals surface area contributed by atoms with Gasteiger partial charge in [0.1, 0.15) is 19.1 Å². The zero-order valence-electron chi connectivity index (χ0n) is 45.7. The van der Waals surface area contributed by atoms with Crippen molar-refractivity contribution in [2.24, 2.45) is 4.99 Å². The maximum Gasteiger partial charge on any atom is 0.335 e. The van der Waals surface area contributed by atoms with Gasteiger partial charge in [0.25, 0.3) is 15.9 Å². The molecule has 0 spiro atoms. The number of ether oxygens (including phenoxy) is 3. The lowest BCUT2D eigenvalue weighted by Gasteiger charge is -2.15. The molecule has 0 saturated carbocycles. The van der Waals surface area contributed by atoms with Crippen LogP contribution in [0.5, 0.6) is 11.8 Å². The molecule has 0 fully saturated rings. The Labute approximate surface area is 486 Å². The molecule has 0 bridgehead atoms.